The van der Waals surface area contributed by atoms with Gasteiger partial charge in [-0.25, -0.2) is 0 Å². The predicted molar refractivity (Wildman–Crippen MR) is 77.2 cm³/mol. The Labute approximate surface area is 116 Å². The summed E-state index contributed by atoms with van der Waals surface area (Å²) in [6.07, 6.45) is 3.52. The number of aromatic nitrogens is 3. The number of nitrogens with one attached hydrogen (secondary N) is 1. The molecule has 3 heterocycles. The first-order valence-corrected chi connectivity index (χ1v) is 6.91. The zero-order valence-corrected chi connectivity index (χ0v) is 11.6. The molecule has 3 aromatic rings. The summed E-state index contributed by atoms with van der Waals surface area (Å²) < 4.78 is 1.07. The molecule has 0 radical (unpaired) electrons. The van der Waals surface area contributed by atoms with Crippen molar-refractivity contribution in [2.24, 2.45) is 0 Å². The van der Waals surface area contributed by atoms with E-state index in [4.69, 9.17) is 5.73 Å². The lowest BCUT2D eigenvalue weighted by atomic mass is 10.0. The molecule has 0 amide bonds. The molecule has 0 aliphatic carbocycles. The first-order chi connectivity index (χ1) is 8.75. The number of nitrogens with zero attached hydrogens (tertiary/aromatic N) is 2. The SMILES string of the molecule is Nc1n[nH]c(-c2csc(Br)c2)c1-c1cccnc1. The second-order valence-electron chi connectivity index (χ2n) is 3.74. The zero-order valence-electron chi connectivity index (χ0n) is 9.22. The Morgan fingerprint density at radius 1 is 1.33 bits per heavy atom. The minimum absolute atomic E-state index is 0.486. The van der Waals surface area contributed by atoms with E-state index in [-0.39, 0.29) is 0 Å². The van der Waals surface area contributed by atoms with Crippen LogP contribution in [0.2, 0.25) is 0 Å². The number of hydrogen-bond acceptors (Lipinski definition) is 4. The molecule has 0 aliphatic rings. The van der Waals surface area contributed by atoms with E-state index < -0.39 is 0 Å². The van der Waals surface area contributed by atoms with Gasteiger partial charge < -0.3 is 5.73 Å². The van der Waals surface area contributed by atoms with E-state index in [1.54, 1.807) is 23.7 Å². The van der Waals surface area contributed by atoms with E-state index in [0.29, 0.717) is 5.82 Å². The van der Waals surface area contributed by atoms with Crippen LogP contribution in [0.5, 0.6) is 0 Å². The minimum Gasteiger partial charge on any atom is -0.382 e. The van der Waals surface area contributed by atoms with Gasteiger partial charge in [-0.2, -0.15) is 5.10 Å². The third kappa shape index (κ3) is 1.93. The number of H-pyrrole nitrogens is 1. The van der Waals surface area contributed by atoms with Crippen LogP contribution in [0.4, 0.5) is 5.82 Å². The summed E-state index contributed by atoms with van der Waals surface area (Å²) >= 11 is 5.08. The fourth-order valence-electron chi connectivity index (χ4n) is 1.81. The van der Waals surface area contributed by atoms with Crippen molar-refractivity contribution in [2.75, 3.05) is 5.73 Å². The lowest BCUT2D eigenvalue weighted by molar-refractivity contribution is 1.10. The number of hydrogen-bond donors (Lipinski definition) is 2. The molecule has 4 nitrogen and oxygen atoms in total. The molecular formula is C12H9BrN4S. The average Bonchev–Trinajstić information content (AvgIpc) is 2.96. The molecule has 0 saturated carbocycles. The summed E-state index contributed by atoms with van der Waals surface area (Å²) in [6.45, 7) is 0. The number of nitrogen functional groups attached to an aromatic ring is 1. The van der Waals surface area contributed by atoms with Gasteiger partial charge in [0.15, 0.2) is 5.82 Å². The molecule has 3 N–H and O–H groups in total. The number of halogens is 1. The van der Waals surface area contributed by atoms with Gasteiger partial charge in [0.25, 0.3) is 0 Å². The maximum Gasteiger partial charge on any atom is 0.153 e. The van der Waals surface area contributed by atoms with E-state index in [1.807, 2.05) is 18.2 Å². The third-order valence-corrected chi connectivity index (χ3v) is 4.11. The zero-order chi connectivity index (χ0) is 12.5. The molecule has 6 heteroatoms. The largest absolute Gasteiger partial charge is 0.382 e. The average molecular weight is 321 g/mol. The van der Waals surface area contributed by atoms with Gasteiger partial charge in [-0.05, 0) is 28.1 Å². The second-order valence-corrected chi connectivity index (χ2v) is 6.03. The van der Waals surface area contributed by atoms with Gasteiger partial charge in [-0.1, -0.05) is 6.07 Å². The molecule has 3 aromatic heterocycles. The van der Waals surface area contributed by atoms with Crippen LogP contribution in [-0.2, 0) is 0 Å². The molecule has 0 spiro atoms. The first kappa shape index (κ1) is 11.4. The summed E-state index contributed by atoms with van der Waals surface area (Å²) in [5.74, 6) is 0.486. The Balaban J connectivity index is 2.18. The van der Waals surface area contributed by atoms with Crippen molar-refractivity contribution in [2.45, 2.75) is 0 Å². The summed E-state index contributed by atoms with van der Waals surface area (Å²) in [7, 11) is 0. The number of anilines is 1. The van der Waals surface area contributed by atoms with Crippen molar-refractivity contribution >= 4 is 33.1 Å². The number of nitrogens with two attached hydrogens (primary N) is 1. The van der Waals surface area contributed by atoms with Crippen molar-refractivity contribution in [3.63, 3.8) is 0 Å². The van der Waals surface area contributed by atoms with Gasteiger partial charge >= 0.3 is 0 Å². The highest BCUT2D eigenvalue weighted by atomic mass is 79.9. The summed E-state index contributed by atoms with van der Waals surface area (Å²) in [5, 5.41) is 9.13. The van der Waals surface area contributed by atoms with Crippen molar-refractivity contribution < 1.29 is 0 Å². The molecule has 0 aromatic carbocycles. The number of aromatic amines is 1. The smallest absolute Gasteiger partial charge is 0.153 e. The Hall–Kier alpha value is -1.66. The van der Waals surface area contributed by atoms with Crippen LogP contribution < -0.4 is 5.73 Å². The van der Waals surface area contributed by atoms with Crippen LogP contribution in [0.25, 0.3) is 22.4 Å². The highest BCUT2D eigenvalue weighted by Crippen LogP contribution is 2.37. The third-order valence-electron chi connectivity index (χ3n) is 2.60. The topological polar surface area (TPSA) is 67.6 Å². The fraction of sp³-hybridized carbons (Fsp3) is 0. The van der Waals surface area contributed by atoms with Gasteiger partial charge in [0.1, 0.15) is 0 Å². The van der Waals surface area contributed by atoms with Crippen LogP contribution in [0, 0.1) is 0 Å². The lowest BCUT2D eigenvalue weighted by Crippen LogP contribution is -1.88. The molecule has 3 rings (SSSR count). The van der Waals surface area contributed by atoms with Crippen LogP contribution in [0.15, 0.2) is 39.8 Å². The lowest BCUT2D eigenvalue weighted by Gasteiger charge is -2.01. The summed E-state index contributed by atoms with van der Waals surface area (Å²) in [5.41, 5.74) is 9.78. The van der Waals surface area contributed by atoms with Gasteiger partial charge in [-0.15, -0.1) is 11.3 Å². The molecule has 0 unspecified atom stereocenters. The number of rotatable bonds is 2. The van der Waals surface area contributed by atoms with Gasteiger partial charge in [0, 0.05) is 28.9 Å². The Kier molecular flexibility index (Phi) is 2.89. The van der Waals surface area contributed by atoms with Crippen molar-refractivity contribution in [3.8, 4) is 22.4 Å². The Morgan fingerprint density at radius 2 is 2.22 bits per heavy atom. The van der Waals surface area contributed by atoms with Crippen LogP contribution >= 0.6 is 27.3 Å². The van der Waals surface area contributed by atoms with E-state index in [2.05, 4.69) is 36.5 Å². The Morgan fingerprint density at radius 3 is 2.89 bits per heavy atom. The van der Waals surface area contributed by atoms with Crippen LogP contribution in [0.3, 0.4) is 0 Å². The number of pyridine rings is 1. The molecule has 0 bridgehead atoms. The maximum absolute atomic E-state index is 5.94. The van der Waals surface area contributed by atoms with E-state index in [1.165, 1.54) is 0 Å². The van der Waals surface area contributed by atoms with Crippen molar-refractivity contribution in [3.05, 3.63) is 39.8 Å². The Bertz CT molecular complexity index is 674. The van der Waals surface area contributed by atoms with Gasteiger partial charge in [0.2, 0.25) is 0 Å². The highest BCUT2D eigenvalue weighted by molar-refractivity contribution is 9.11. The second kappa shape index (κ2) is 4.55. The number of thiophene rings is 1. The van der Waals surface area contributed by atoms with Gasteiger partial charge in [-0.3, -0.25) is 10.1 Å². The summed E-state index contributed by atoms with van der Waals surface area (Å²) in [4.78, 5) is 4.12. The van der Waals surface area contributed by atoms with Crippen LogP contribution in [-0.4, -0.2) is 15.2 Å². The van der Waals surface area contributed by atoms with E-state index in [9.17, 15) is 0 Å². The highest BCUT2D eigenvalue weighted by Gasteiger charge is 2.15. The van der Waals surface area contributed by atoms with Crippen molar-refractivity contribution in [1.82, 2.24) is 15.2 Å². The fourth-order valence-corrected chi connectivity index (χ4v) is 2.96. The van der Waals surface area contributed by atoms with Crippen molar-refractivity contribution in [1.29, 1.82) is 0 Å². The molecule has 18 heavy (non-hydrogen) atoms. The standard InChI is InChI=1S/C12H9BrN4S/c13-9-4-8(6-18-9)11-10(12(14)17-16-11)7-2-1-3-15-5-7/h1-6H,(H3,14,16,17). The first-order valence-electron chi connectivity index (χ1n) is 5.24. The predicted octanol–water partition coefficient (Wildman–Crippen LogP) is 3.54. The van der Waals surface area contributed by atoms with E-state index >= 15 is 0 Å². The molecule has 0 fully saturated rings. The quantitative estimate of drug-likeness (QED) is 0.758. The normalized spacial score (nSPS) is 10.7. The molecule has 0 atom stereocenters. The monoisotopic (exact) mass is 320 g/mol. The molecule has 0 aliphatic heterocycles. The molecule has 90 valence electrons. The minimum atomic E-state index is 0.486. The maximum atomic E-state index is 5.94. The van der Waals surface area contributed by atoms with Gasteiger partial charge in [0.05, 0.1) is 15.0 Å². The molecular weight excluding hydrogens is 312 g/mol. The molecule has 0 saturated heterocycles. The summed E-state index contributed by atoms with van der Waals surface area (Å²) in [6, 6.07) is 5.89. The van der Waals surface area contributed by atoms with E-state index in [0.717, 1.165) is 26.2 Å². The van der Waals surface area contributed by atoms with Crippen LogP contribution in [0.1, 0.15) is 0 Å².